The molecule has 0 spiro atoms. The van der Waals surface area contributed by atoms with Crippen molar-refractivity contribution in [3.05, 3.63) is 15.0 Å². The van der Waals surface area contributed by atoms with E-state index in [9.17, 15) is 10.2 Å². The number of aliphatic hydroxyl groups excluding tert-OH is 2. The Morgan fingerprint density at radius 3 is 1.50 bits per heavy atom. The summed E-state index contributed by atoms with van der Waals surface area (Å²) in [5, 5.41) is 19.2. The van der Waals surface area contributed by atoms with E-state index in [0.717, 1.165) is 0 Å². The van der Waals surface area contributed by atoms with Crippen LogP contribution in [0.2, 0.25) is 0 Å². The van der Waals surface area contributed by atoms with Crippen LogP contribution in [-0.2, 0) is 9.47 Å². The van der Waals surface area contributed by atoms with E-state index in [1.807, 2.05) is 0 Å². The number of hydrogen-bond acceptors (Lipinski definition) is 6. The van der Waals surface area contributed by atoms with Gasteiger partial charge in [0.1, 0.15) is 0 Å². The minimum atomic E-state index is -0.311. The van der Waals surface area contributed by atoms with Crippen molar-refractivity contribution in [1.82, 2.24) is 0 Å². The van der Waals surface area contributed by atoms with Crippen molar-refractivity contribution < 1.29 is 19.7 Å². The van der Waals surface area contributed by atoms with Crippen LogP contribution in [0.1, 0.15) is 0 Å². The van der Waals surface area contributed by atoms with E-state index >= 15 is 0 Å². The molecule has 0 aliphatic rings. The zero-order valence-corrected chi connectivity index (χ0v) is 13.4. The third kappa shape index (κ3) is 2.97. The molecular formula is C8H8O4S2Se2. The molecule has 0 aliphatic heterocycles. The molecule has 0 aromatic carbocycles. The molecule has 0 aliphatic carbocycles. The second-order valence-electron chi connectivity index (χ2n) is 2.46. The van der Waals surface area contributed by atoms with Crippen LogP contribution in [0.25, 0.3) is 11.9 Å². The number of methoxy groups -OCH3 is 2. The van der Waals surface area contributed by atoms with Crippen molar-refractivity contribution in [2.24, 2.45) is 0 Å². The van der Waals surface area contributed by atoms with Gasteiger partial charge in [-0.25, -0.2) is 0 Å². The van der Waals surface area contributed by atoms with Crippen LogP contribution >= 0.6 is 24.4 Å². The van der Waals surface area contributed by atoms with Crippen LogP contribution in [0.3, 0.4) is 0 Å². The molecular weight excluding hydrogens is 382 g/mol. The Labute approximate surface area is 114 Å². The van der Waals surface area contributed by atoms with Crippen LogP contribution < -0.4 is 8.19 Å². The summed E-state index contributed by atoms with van der Waals surface area (Å²) in [6.45, 7) is 0. The van der Waals surface area contributed by atoms with Gasteiger partial charge >= 0.3 is 114 Å². The maximum absolute atomic E-state index is 9.58. The van der Waals surface area contributed by atoms with Crippen molar-refractivity contribution in [2.75, 3.05) is 14.2 Å². The van der Waals surface area contributed by atoms with Crippen LogP contribution in [-0.4, -0.2) is 53.4 Å². The molecule has 16 heavy (non-hydrogen) atoms. The third-order valence-corrected chi connectivity index (χ3v) is 8.91. The SMILES string of the molecule is COC(O)=c1[se]c(=S)c(=S)[se]c1=C(O)OC. The van der Waals surface area contributed by atoms with E-state index in [1.165, 1.54) is 14.2 Å². The zero-order valence-electron chi connectivity index (χ0n) is 8.34. The van der Waals surface area contributed by atoms with Crippen molar-refractivity contribution in [1.29, 1.82) is 0 Å². The van der Waals surface area contributed by atoms with Gasteiger partial charge in [0.25, 0.3) is 0 Å². The van der Waals surface area contributed by atoms with Crippen molar-refractivity contribution in [3.8, 4) is 0 Å². The predicted molar refractivity (Wildman–Crippen MR) is 67.3 cm³/mol. The molecule has 0 unspecified atom stereocenters. The summed E-state index contributed by atoms with van der Waals surface area (Å²) in [6, 6.07) is 0. The fourth-order valence-corrected chi connectivity index (χ4v) is 6.54. The second kappa shape index (κ2) is 6.00. The molecule has 1 rings (SSSR count). The van der Waals surface area contributed by atoms with Gasteiger partial charge in [0.2, 0.25) is 0 Å². The van der Waals surface area contributed by atoms with Crippen LogP contribution in [0, 0.1) is 6.77 Å². The normalized spacial score (nSPS) is 14.1. The van der Waals surface area contributed by atoms with Gasteiger partial charge in [0, 0.05) is 0 Å². The van der Waals surface area contributed by atoms with E-state index in [-0.39, 0.29) is 40.9 Å². The Balaban J connectivity index is 3.96. The summed E-state index contributed by atoms with van der Waals surface area (Å²) in [5.41, 5.74) is 0. The van der Waals surface area contributed by atoms with Gasteiger partial charge in [-0.1, -0.05) is 0 Å². The summed E-state index contributed by atoms with van der Waals surface area (Å²) in [5.74, 6) is -0.462. The zero-order chi connectivity index (χ0) is 12.3. The van der Waals surface area contributed by atoms with Crippen LogP contribution in [0.15, 0.2) is 0 Å². The Kier molecular flexibility index (Phi) is 5.24. The summed E-state index contributed by atoms with van der Waals surface area (Å²) < 4.78 is 11.8. The minimum absolute atomic E-state index is 0.231. The summed E-state index contributed by atoms with van der Waals surface area (Å²) in [4.78, 5) is 0. The third-order valence-electron chi connectivity index (χ3n) is 1.54. The standard InChI is InChI=1S/C8H8O4S2Se2/c1-11-5(9)3-4(6(10)12-2)16-8(14)7(13)15-3/h9-10H,1-2H3. The maximum atomic E-state index is 9.58. The van der Waals surface area contributed by atoms with Crippen molar-refractivity contribution in [2.45, 2.75) is 0 Å². The number of rotatable bonds is 2. The monoisotopic (exact) mass is 392 g/mol. The van der Waals surface area contributed by atoms with Gasteiger partial charge in [0.15, 0.2) is 0 Å². The number of hydrogen-bond donors (Lipinski definition) is 2. The van der Waals surface area contributed by atoms with Gasteiger partial charge in [-0.3, -0.25) is 0 Å². The predicted octanol–water partition coefficient (Wildman–Crippen LogP) is -0.200. The first-order valence-electron chi connectivity index (χ1n) is 3.90. The van der Waals surface area contributed by atoms with Gasteiger partial charge in [0.05, 0.1) is 0 Å². The molecule has 1 aromatic heterocycles. The molecule has 0 amide bonds. The molecule has 0 atom stereocenters. The molecule has 0 saturated heterocycles. The van der Waals surface area contributed by atoms with Gasteiger partial charge < -0.3 is 0 Å². The summed E-state index contributed by atoms with van der Waals surface area (Å²) in [6.07, 6.45) is 0. The van der Waals surface area contributed by atoms with Crippen molar-refractivity contribution in [3.63, 3.8) is 0 Å². The molecule has 1 aromatic rings. The summed E-state index contributed by atoms with van der Waals surface area (Å²) in [7, 11) is 2.70. The first kappa shape index (κ1) is 14.0. The van der Waals surface area contributed by atoms with Crippen LogP contribution in [0.5, 0.6) is 0 Å². The van der Waals surface area contributed by atoms with E-state index in [4.69, 9.17) is 33.9 Å². The molecule has 4 nitrogen and oxygen atoms in total. The average molecular weight is 390 g/mol. The average Bonchev–Trinajstić information content (AvgIpc) is 2.30. The molecule has 0 saturated carbocycles. The van der Waals surface area contributed by atoms with E-state index in [1.54, 1.807) is 0 Å². The molecule has 1 heterocycles. The molecule has 88 valence electrons. The summed E-state index contributed by atoms with van der Waals surface area (Å²) >= 11 is 9.59. The number of ether oxygens (including phenoxy) is 2. The number of aliphatic hydroxyl groups is 2. The molecule has 2 N–H and O–H groups in total. The first-order valence-corrected chi connectivity index (χ1v) is 8.14. The van der Waals surface area contributed by atoms with Gasteiger partial charge in [-0.2, -0.15) is 0 Å². The topological polar surface area (TPSA) is 58.9 Å². The quantitative estimate of drug-likeness (QED) is 0.539. The van der Waals surface area contributed by atoms with E-state index < -0.39 is 0 Å². The first-order chi connectivity index (χ1) is 7.51. The van der Waals surface area contributed by atoms with E-state index in [0.29, 0.717) is 15.0 Å². The Morgan fingerprint density at radius 2 is 1.25 bits per heavy atom. The fraction of sp³-hybridized carbons (Fsp3) is 0.250. The van der Waals surface area contributed by atoms with E-state index in [2.05, 4.69) is 0 Å². The Bertz CT molecular complexity index is 561. The van der Waals surface area contributed by atoms with Gasteiger partial charge in [-0.15, -0.1) is 0 Å². The fourth-order valence-electron chi connectivity index (χ4n) is 0.828. The molecule has 0 radical (unpaired) electrons. The van der Waals surface area contributed by atoms with Crippen molar-refractivity contribution >= 4 is 65.3 Å². The molecule has 8 heteroatoms. The van der Waals surface area contributed by atoms with Crippen LogP contribution in [0.4, 0.5) is 0 Å². The second-order valence-corrected chi connectivity index (χ2v) is 8.72. The Hall–Kier alpha value is -0.101. The molecule has 0 fully saturated rings. The Morgan fingerprint density at radius 1 is 0.938 bits per heavy atom. The van der Waals surface area contributed by atoms with Gasteiger partial charge in [-0.05, 0) is 0 Å². The molecule has 0 bridgehead atoms.